The van der Waals surface area contributed by atoms with Crippen molar-refractivity contribution < 1.29 is 0 Å². The summed E-state index contributed by atoms with van der Waals surface area (Å²) in [6, 6.07) is 116. The van der Waals surface area contributed by atoms with Crippen LogP contribution in [0.5, 0.6) is 0 Å². The van der Waals surface area contributed by atoms with Gasteiger partial charge in [0.05, 0.1) is 0 Å². The van der Waals surface area contributed by atoms with Crippen molar-refractivity contribution in [3.8, 4) is 89.0 Å². The van der Waals surface area contributed by atoms with Gasteiger partial charge < -0.3 is 0 Å². The van der Waals surface area contributed by atoms with Gasteiger partial charge in [0.1, 0.15) is 0 Å². The van der Waals surface area contributed by atoms with Crippen LogP contribution < -0.4 is 0 Å². The molecule has 12 aromatic rings. The molecule has 0 fully saturated rings. The molecule has 12 rings (SSSR count). The summed E-state index contributed by atoms with van der Waals surface area (Å²) in [6.45, 7) is 0. The second-order valence-corrected chi connectivity index (χ2v) is 19.2. The molecule has 12 aromatic carbocycles. The summed E-state index contributed by atoms with van der Waals surface area (Å²) in [5, 5.41) is 0. The summed E-state index contributed by atoms with van der Waals surface area (Å²) in [6.07, 6.45) is 0. The van der Waals surface area contributed by atoms with Gasteiger partial charge in [0, 0.05) is 11.8 Å². The first-order valence-corrected chi connectivity index (χ1v) is 25.7. The highest BCUT2D eigenvalue weighted by Crippen LogP contribution is 2.45. The Balaban J connectivity index is 0.936. The Morgan fingerprint density at radius 1 is 0.108 bits per heavy atom. The summed E-state index contributed by atoms with van der Waals surface area (Å²) in [5.41, 5.74) is 24.4. The van der Waals surface area contributed by atoms with Gasteiger partial charge in [-0.15, -0.1) is 0 Å². The molecule has 0 aromatic heterocycles. The Morgan fingerprint density at radius 3 is 0.351 bits per heavy atom. The zero-order valence-corrected chi connectivity index (χ0v) is 41.2. The highest BCUT2D eigenvalue weighted by Gasteiger charge is 2.29. The molecule has 0 radical (unpaired) electrons. The number of benzene rings is 12. The average molecular weight is 943 g/mol. The van der Waals surface area contributed by atoms with Crippen LogP contribution in [0.15, 0.2) is 315 Å². The Hall–Kier alpha value is -9.36. The van der Waals surface area contributed by atoms with Crippen molar-refractivity contribution >= 4 is 0 Å². The molecule has 0 saturated carbocycles. The predicted molar refractivity (Wildman–Crippen MR) is 313 cm³/mol. The minimum atomic E-state index is -0.00831. The lowest BCUT2D eigenvalue weighted by atomic mass is 9.73. The predicted octanol–water partition coefficient (Wildman–Crippen LogP) is 20.0. The molecule has 0 aliphatic carbocycles. The highest BCUT2D eigenvalue weighted by atomic mass is 14.3. The first-order chi connectivity index (χ1) is 36.7. The van der Waals surface area contributed by atoms with Crippen LogP contribution in [0, 0.1) is 0 Å². The normalized spacial score (nSPS) is 11.2. The van der Waals surface area contributed by atoms with Crippen LogP contribution in [0.3, 0.4) is 0 Å². The molecule has 0 N–H and O–H groups in total. The molecule has 0 aliphatic heterocycles. The van der Waals surface area contributed by atoms with Gasteiger partial charge >= 0.3 is 0 Å². The number of rotatable bonds is 13. The molecule has 350 valence electrons. The van der Waals surface area contributed by atoms with E-state index in [0.717, 1.165) is 0 Å². The van der Waals surface area contributed by atoms with Crippen molar-refractivity contribution in [2.24, 2.45) is 0 Å². The smallest absolute Gasteiger partial charge is 0.0199 e. The maximum atomic E-state index is 2.36. The van der Waals surface area contributed by atoms with Crippen molar-refractivity contribution in [1.82, 2.24) is 0 Å². The van der Waals surface area contributed by atoms with Gasteiger partial charge in [-0.2, -0.15) is 0 Å². The first kappa shape index (κ1) is 45.8. The molecule has 0 unspecified atom stereocenters. The maximum Gasteiger partial charge on any atom is 0.0199 e. The molecule has 0 spiro atoms. The second kappa shape index (κ2) is 21.2. The zero-order valence-electron chi connectivity index (χ0n) is 41.2. The highest BCUT2D eigenvalue weighted by molar-refractivity contribution is 5.75. The molecule has 0 saturated heterocycles. The van der Waals surface area contributed by atoms with E-state index in [-0.39, 0.29) is 11.8 Å². The molecular formula is C74H54. The van der Waals surface area contributed by atoms with Gasteiger partial charge in [-0.1, -0.05) is 315 Å². The van der Waals surface area contributed by atoms with Gasteiger partial charge in [0.15, 0.2) is 0 Å². The van der Waals surface area contributed by atoms with Crippen LogP contribution in [0.25, 0.3) is 89.0 Å². The lowest BCUT2D eigenvalue weighted by Crippen LogP contribution is -2.15. The summed E-state index contributed by atoms with van der Waals surface area (Å²) in [5.74, 6) is -0.0166. The second-order valence-electron chi connectivity index (χ2n) is 19.2. The molecule has 0 aliphatic rings. The van der Waals surface area contributed by atoms with E-state index in [0.29, 0.717) is 0 Å². The molecular weight excluding hydrogens is 889 g/mol. The van der Waals surface area contributed by atoms with Crippen LogP contribution in [-0.2, 0) is 0 Å². The number of hydrogen-bond acceptors (Lipinski definition) is 0. The van der Waals surface area contributed by atoms with Crippen LogP contribution in [0.1, 0.15) is 34.1 Å². The van der Waals surface area contributed by atoms with E-state index in [2.05, 4.69) is 315 Å². The average Bonchev–Trinajstić information content (AvgIpc) is 3.50. The third kappa shape index (κ3) is 9.95. The summed E-state index contributed by atoms with van der Waals surface area (Å²) in [7, 11) is 0. The molecule has 74 heavy (non-hydrogen) atoms. The van der Waals surface area contributed by atoms with Crippen LogP contribution in [-0.4, -0.2) is 0 Å². The van der Waals surface area contributed by atoms with Crippen molar-refractivity contribution in [3.63, 3.8) is 0 Å². The fraction of sp³-hybridized carbons (Fsp3) is 0.0270. The van der Waals surface area contributed by atoms with E-state index < -0.39 is 0 Å². The molecule has 0 amide bonds. The van der Waals surface area contributed by atoms with Crippen molar-refractivity contribution in [2.75, 3.05) is 0 Å². The van der Waals surface area contributed by atoms with Crippen LogP contribution in [0.4, 0.5) is 0 Å². The van der Waals surface area contributed by atoms with E-state index in [1.807, 2.05) is 0 Å². The zero-order chi connectivity index (χ0) is 49.5. The summed E-state index contributed by atoms with van der Waals surface area (Å²) < 4.78 is 0. The van der Waals surface area contributed by atoms with Crippen LogP contribution >= 0.6 is 0 Å². The van der Waals surface area contributed by atoms with Crippen molar-refractivity contribution in [2.45, 2.75) is 11.8 Å². The largest absolute Gasteiger partial charge is 0.0622 e. The molecule has 0 heterocycles. The van der Waals surface area contributed by atoms with Gasteiger partial charge in [-0.05, 0) is 111 Å². The SMILES string of the molecule is c1ccc(-c2ccc(-c3ccc(C(c4ccc(-c5ccc(-c6ccccc6)cc5)cc4)C(c4ccc(-c5ccc(-c6ccccc6)cc5)cc4)c4ccc(-c5ccc(-c6ccccc6)cc5)cc4)cc3)cc2)cc1. The van der Waals surface area contributed by atoms with Gasteiger partial charge in [0.25, 0.3) is 0 Å². The molecule has 0 atom stereocenters. The Bertz CT molecular complexity index is 3190. The standard InChI is InChI=1S/C74H54/c1-5-13-53(14-6-1)57-21-29-61(30-22-57)65-37-45-69(46-38-65)73(70-47-39-66(40-48-70)62-31-23-58(24-32-62)54-15-7-2-8-16-54)74(71-49-41-67(42-50-71)63-33-25-59(26-34-63)55-17-9-3-10-18-55)72-51-43-68(44-52-72)64-35-27-60(28-36-64)56-19-11-4-12-20-56/h1-52,73-74H. The third-order valence-corrected chi connectivity index (χ3v) is 14.7. The fourth-order valence-electron chi connectivity index (χ4n) is 10.6. The van der Waals surface area contributed by atoms with Gasteiger partial charge in [-0.25, -0.2) is 0 Å². The van der Waals surface area contributed by atoms with Gasteiger partial charge in [-0.3, -0.25) is 0 Å². The molecule has 0 nitrogen and oxygen atoms in total. The monoisotopic (exact) mass is 942 g/mol. The minimum absolute atomic E-state index is 0.00831. The maximum absolute atomic E-state index is 2.36. The fourth-order valence-corrected chi connectivity index (χ4v) is 10.6. The Labute approximate surface area is 436 Å². The van der Waals surface area contributed by atoms with Crippen molar-refractivity contribution in [1.29, 1.82) is 0 Å². The van der Waals surface area contributed by atoms with E-state index in [4.69, 9.17) is 0 Å². The Kier molecular flexibility index (Phi) is 13.1. The third-order valence-electron chi connectivity index (χ3n) is 14.7. The van der Waals surface area contributed by atoms with Crippen molar-refractivity contribution in [3.05, 3.63) is 338 Å². The summed E-state index contributed by atoms with van der Waals surface area (Å²) >= 11 is 0. The lowest BCUT2D eigenvalue weighted by molar-refractivity contribution is 0.694. The quantitative estimate of drug-likeness (QED) is 0.108. The van der Waals surface area contributed by atoms with E-state index in [9.17, 15) is 0 Å². The minimum Gasteiger partial charge on any atom is -0.0622 e. The Morgan fingerprint density at radius 2 is 0.216 bits per heavy atom. The first-order valence-electron chi connectivity index (χ1n) is 25.7. The molecule has 0 bridgehead atoms. The lowest BCUT2D eigenvalue weighted by Gasteiger charge is -2.30. The summed E-state index contributed by atoms with van der Waals surface area (Å²) in [4.78, 5) is 0. The molecule has 0 heteroatoms. The van der Waals surface area contributed by atoms with E-state index in [1.165, 1.54) is 111 Å². The van der Waals surface area contributed by atoms with Gasteiger partial charge in [0.2, 0.25) is 0 Å². The van der Waals surface area contributed by atoms with E-state index >= 15 is 0 Å². The van der Waals surface area contributed by atoms with E-state index in [1.54, 1.807) is 0 Å². The topological polar surface area (TPSA) is 0 Å². The number of hydrogen-bond donors (Lipinski definition) is 0. The van der Waals surface area contributed by atoms with Crippen LogP contribution in [0.2, 0.25) is 0 Å².